The number of hydrogen-bond donors (Lipinski definition) is 1. The van der Waals surface area contributed by atoms with Crippen LogP contribution < -0.4 is 5.32 Å². The number of nitrogens with one attached hydrogen (secondary N) is 1. The van der Waals surface area contributed by atoms with Crippen molar-refractivity contribution in [2.24, 2.45) is 0 Å². The monoisotopic (exact) mass is 401 g/mol. The van der Waals surface area contributed by atoms with E-state index >= 15 is 0 Å². The lowest BCUT2D eigenvalue weighted by molar-refractivity contribution is -0.133. The summed E-state index contributed by atoms with van der Waals surface area (Å²) in [4.78, 5) is 26.0. The van der Waals surface area contributed by atoms with Crippen LogP contribution in [-0.4, -0.2) is 56.4 Å². The minimum absolute atomic E-state index is 0.0371. The van der Waals surface area contributed by atoms with E-state index in [1.165, 1.54) is 16.7 Å². The molecule has 150 valence electrons. The van der Waals surface area contributed by atoms with E-state index in [0.29, 0.717) is 11.1 Å². The van der Waals surface area contributed by atoms with Gasteiger partial charge in [0.2, 0.25) is 11.8 Å². The molecule has 1 aromatic carbocycles. The summed E-state index contributed by atoms with van der Waals surface area (Å²) in [5, 5.41) is 12.3. The molecule has 0 spiro atoms. The van der Waals surface area contributed by atoms with Crippen LogP contribution in [0.1, 0.15) is 45.4 Å². The van der Waals surface area contributed by atoms with Crippen LogP contribution in [0.25, 0.3) is 5.69 Å². The number of amides is 2. The highest BCUT2D eigenvalue weighted by molar-refractivity contribution is 7.99. The van der Waals surface area contributed by atoms with Gasteiger partial charge in [-0.3, -0.25) is 14.2 Å². The van der Waals surface area contributed by atoms with Crippen molar-refractivity contribution in [2.75, 3.05) is 19.3 Å². The molecule has 1 aliphatic carbocycles. The van der Waals surface area contributed by atoms with E-state index in [1.807, 2.05) is 55.7 Å². The molecular formula is C20H27N5O2S. The molecule has 1 aliphatic rings. The van der Waals surface area contributed by atoms with Gasteiger partial charge in [0.1, 0.15) is 5.82 Å². The van der Waals surface area contributed by atoms with Gasteiger partial charge in [0.15, 0.2) is 5.16 Å². The summed E-state index contributed by atoms with van der Waals surface area (Å²) in [6.07, 6.45) is 2.25. The second-order valence-electron chi connectivity index (χ2n) is 8.12. The second kappa shape index (κ2) is 8.34. The number of hydrogen-bond acceptors (Lipinski definition) is 5. The lowest BCUT2D eigenvalue weighted by atomic mass is 10.1. The summed E-state index contributed by atoms with van der Waals surface area (Å²) in [5.41, 5.74) is 0.684. The van der Waals surface area contributed by atoms with E-state index in [-0.39, 0.29) is 29.7 Å². The number of benzene rings is 1. The number of para-hydroxylation sites is 1. The summed E-state index contributed by atoms with van der Waals surface area (Å²) < 4.78 is 2.04. The van der Waals surface area contributed by atoms with Gasteiger partial charge in [-0.2, -0.15) is 0 Å². The van der Waals surface area contributed by atoms with Gasteiger partial charge >= 0.3 is 0 Å². The first-order valence-electron chi connectivity index (χ1n) is 9.43. The maximum Gasteiger partial charge on any atom is 0.240 e. The zero-order valence-electron chi connectivity index (χ0n) is 16.8. The van der Waals surface area contributed by atoms with E-state index < -0.39 is 0 Å². The van der Waals surface area contributed by atoms with Crippen molar-refractivity contribution in [1.29, 1.82) is 0 Å². The first-order valence-corrected chi connectivity index (χ1v) is 10.4. The molecule has 2 aromatic rings. The molecule has 1 saturated carbocycles. The van der Waals surface area contributed by atoms with E-state index in [0.717, 1.165) is 24.4 Å². The second-order valence-corrected chi connectivity index (χ2v) is 9.07. The van der Waals surface area contributed by atoms with Gasteiger partial charge in [-0.15, -0.1) is 10.2 Å². The Bertz CT molecular complexity index is 840. The molecule has 0 bridgehead atoms. The molecule has 0 unspecified atom stereocenters. The molecule has 1 fully saturated rings. The normalized spacial score (nSPS) is 14.0. The Morgan fingerprint density at radius 3 is 2.50 bits per heavy atom. The molecule has 0 aliphatic heterocycles. The molecule has 28 heavy (non-hydrogen) atoms. The van der Waals surface area contributed by atoms with Crippen LogP contribution in [0.3, 0.4) is 0 Å². The molecule has 7 nitrogen and oxygen atoms in total. The maximum atomic E-state index is 12.5. The first kappa shape index (κ1) is 20.4. The number of likely N-dealkylation sites (N-methyl/N-ethyl adjacent to an activating group) is 1. The zero-order valence-corrected chi connectivity index (χ0v) is 17.6. The highest BCUT2D eigenvalue weighted by atomic mass is 32.2. The van der Waals surface area contributed by atoms with Crippen molar-refractivity contribution in [3.8, 4) is 5.69 Å². The number of nitrogens with zero attached hydrogens (tertiary/aromatic N) is 4. The fraction of sp³-hybridized carbons (Fsp3) is 0.500. The number of aromatic nitrogens is 3. The Kier molecular flexibility index (Phi) is 6.07. The molecule has 1 heterocycles. The van der Waals surface area contributed by atoms with Gasteiger partial charge in [0.05, 0.1) is 12.3 Å². The third kappa shape index (κ3) is 5.34. The Balaban J connectivity index is 1.64. The largest absolute Gasteiger partial charge is 0.350 e. The molecule has 0 saturated heterocycles. The molecule has 3 rings (SSSR count). The Morgan fingerprint density at radius 1 is 1.21 bits per heavy atom. The van der Waals surface area contributed by atoms with E-state index in [1.54, 1.807) is 7.05 Å². The number of carbonyl (C=O) groups excluding carboxylic acids is 2. The fourth-order valence-electron chi connectivity index (χ4n) is 2.80. The van der Waals surface area contributed by atoms with Crippen molar-refractivity contribution in [1.82, 2.24) is 25.0 Å². The fourth-order valence-corrected chi connectivity index (χ4v) is 3.70. The highest BCUT2D eigenvalue weighted by Gasteiger charge is 2.31. The topological polar surface area (TPSA) is 80.1 Å². The van der Waals surface area contributed by atoms with Crippen LogP contribution in [-0.2, 0) is 9.59 Å². The summed E-state index contributed by atoms with van der Waals surface area (Å²) in [5.74, 6) is 1.32. The summed E-state index contributed by atoms with van der Waals surface area (Å²) in [6, 6.07) is 9.97. The SMILES string of the molecule is CN(CC(=O)NC(C)(C)C)C(=O)CSc1nnc(C2CC2)n1-c1ccccc1. The van der Waals surface area contributed by atoms with Crippen LogP contribution in [0, 0.1) is 0 Å². The van der Waals surface area contributed by atoms with Crippen molar-refractivity contribution >= 4 is 23.6 Å². The van der Waals surface area contributed by atoms with Crippen LogP contribution in [0.2, 0.25) is 0 Å². The lowest BCUT2D eigenvalue weighted by Gasteiger charge is -2.23. The van der Waals surface area contributed by atoms with Gasteiger partial charge in [-0.05, 0) is 45.7 Å². The zero-order chi connectivity index (χ0) is 20.3. The Labute approximate surface area is 169 Å². The summed E-state index contributed by atoms with van der Waals surface area (Å²) in [7, 11) is 1.64. The van der Waals surface area contributed by atoms with Crippen molar-refractivity contribution < 1.29 is 9.59 Å². The standard InChI is InChI=1S/C20H27N5O2S/c1-20(2,3)21-16(26)12-24(4)17(27)13-28-19-23-22-18(14-10-11-14)25(19)15-8-6-5-7-9-15/h5-9,14H,10-13H2,1-4H3,(H,21,26). The third-order valence-corrected chi connectivity index (χ3v) is 5.17. The van der Waals surface area contributed by atoms with Gasteiger partial charge in [-0.1, -0.05) is 30.0 Å². The number of rotatable bonds is 7. The maximum absolute atomic E-state index is 12.5. The first-order chi connectivity index (χ1) is 13.2. The number of carbonyl (C=O) groups is 2. The van der Waals surface area contributed by atoms with Crippen LogP contribution >= 0.6 is 11.8 Å². The Morgan fingerprint density at radius 2 is 1.89 bits per heavy atom. The van der Waals surface area contributed by atoms with Crippen LogP contribution in [0.15, 0.2) is 35.5 Å². The van der Waals surface area contributed by atoms with Crippen LogP contribution in [0.5, 0.6) is 0 Å². The molecule has 8 heteroatoms. The van der Waals surface area contributed by atoms with Crippen LogP contribution in [0.4, 0.5) is 0 Å². The molecule has 0 radical (unpaired) electrons. The molecule has 1 N–H and O–H groups in total. The third-order valence-electron chi connectivity index (χ3n) is 4.26. The number of thioether (sulfide) groups is 1. The predicted molar refractivity (Wildman–Crippen MR) is 110 cm³/mol. The van der Waals surface area contributed by atoms with Crippen molar-refractivity contribution in [2.45, 2.75) is 50.2 Å². The van der Waals surface area contributed by atoms with Gasteiger partial charge < -0.3 is 10.2 Å². The van der Waals surface area contributed by atoms with Crippen molar-refractivity contribution in [3.05, 3.63) is 36.2 Å². The molecule has 0 atom stereocenters. The molecular weight excluding hydrogens is 374 g/mol. The predicted octanol–water partition coefficient (Wildman–Crippen LogP) is 2.61. The van der Waals surface area contributed by atoms with E-state index in [9.17, 15) is 9.59 Å². The smallest absolute Gasteiger partial charge is 0.240 e. The minimum atomic E-state index is -0.318. The highest BCUT2D eigenvalue weighted by Crippen LogP contribution is 2.41. The van der Waals surface area contributed by atoms with E-state index in [4.69, 9.17) is 0 Å². The average molecular weight is 402 g/mol. The van der Waals surface area contributed by atoms with Gasteiger partial charge in [0.25, 0.3) is 0 Å². The van der Waals surface area contributed by atoms with E-state index in [2.05, 4.69) is 15.5 Å². The van der Waals surface area contributed by atoms with Crippen molar-refractivity contribution in [3.63, 3.8) is 0 Å². The summed E-state index contributed by atoms with van der Waals surface area (Å²) in [6.45, 7) is 5.78. The summed E-state index contributed by atoms with van der Waals surface area (Å²) >= 11 is 1.35. The Hall–Kier alpha value is -2.35. The quantitative estimate of drug-likeness (QED) is 0.722. The van der Waals surface area contributed by atoms with Gasteiger partial charge in [0, 0.05) is 24.2 Å². The van der Waals surface area contributed by atoms with Gasteiger partial charge in [-0.25, -0.2) is 0 Å². The average Bonchev–Trinajstić information content (AvgIpc) is 3.38. The molecule has 2 amide bonds. The molecule has 1 aromatic heterocycles. The minimum Gasteiger partial charge on any atom is -0.350 e. The lowest BCUT2D eigenvalue weighted by Crippen LogP contribution is -2.46.